The molecule has 0 aliphatic heterocycles. The van der Waals surface area contributed by atoms with E-state index in [1.165, 1.54) is 50.6 Å². The van der Waals surface area contributed by atoms with Gasteiger partial charge in [-0.2, -0.15) is 0 Å². The van der Waals surface area contributed by atoms with Crippen LogP contribution in [0.2, 0.25) is 0 Å². The summed E-state index contributed by atoms with van der Waals surface area (Å²) in [5.74, 6) is -3.37. The van der Waals surface area contributed by atoms with Crippen molar-refractivity contribution in [1.82, 2.24) is 0 Å². The largest absolute Gasteiger partial charge is 0.468 e. The van der Waals surface area contributed by atoms with Crippen molar-refractivity contribution >= 4 is 47.4 Å². The van der Waals surface area contributed by atoms with Gasteiger partial charge in [0.1, 0.15) is 0 Å². The molecule has 238 valence electrons. The number of nitrogens with one attached hydrogen (secondary N) is 2. The van der Waals surface area contributed by atoms with Gasteiger partial charge in [0.25, 0.3) is 0 Å². The molecule has 4 atom stereocenters. The maximum absolute atomic E-state index is 12.4. The van der Waals surface area contributed by atoms with E-state index in [0.29, 0.717) is 11.4 Å². The number of carbonyl (C=O) groups excluding carboxylic acids is 6. The average Bonchev–Trinajstić information content (AvgIpc) is 3.94. The van der Waals surface area contributed by atoms with Crippen LogP contribution in [0.5, 0.6) is 0 Å². The van der Waals surface area contributed by atoms with Crippen LogP contribution in [0.25, 0.3) is 0 Å². The molecule has 2 saturated carbocycles. The van der Waals surface area contributed by atoms with Crippen LogP contribution in [0, 0.1) is 22.7 Å². The highest BCUT2D eigenvalue weighted by atomic mass is 16.6. The van der Waals surface area contributed by atoms with Crippen molar-refractivity contribution in [3.63, 3.8) is 0 Å². The Morgan fingerprint density at radius 3 is 1.30 bits per heavy atom. The molecule has 1 aromatic carbocycles. The number of methoxy groups -OCH3 is 2. The number of hydrogen-bond acceptors (Lipinski definition) is 12. The molecule has 0 radical (unpaired) electrons. The molecule has 14 nitrogen and oxygen atoms in total. The molecule has 0 heterocycles. The van der Waals surface area contributed by atoms with Crippen molar-refractivity contribution in [2.75, 3.05) is 51.3 Å². The second kappa shape index (κ2) is 15.0. The monoisotopic (exact) mass is 616 g/mol. The van der Waals surface area contributed by atoms with E-state index in [-0.39, 0.29) is 63.9 Å². The van der Waals surface area contributed by atoms with Crippen LogP contribution >= 0.6 is 0 Å². The molecule has 0 aromatic heterocycles. The molecule has 14 heteroatoms. The number of benzene rings is 1. The number of esters is 4. The van der Waals surface area contributed by atoms with E-state index in [4.69, 9.17) is 28.4 Å². The summed E-state index contributed by atoms with van der Waals surface area (Å²) in [6.07, 6.45) is 2.55. The van der Waals surface area contributed by atoms with Crippen LogP contribution in [-0.4, -0.2) is 76.7 Å². The fraction of sp³-hybridized carbons (Fsp3) is 0.467. The summed E-state index contributed by atoms with van der Waals surface area (Å²) in [5, 5.41) is 5.04. The van der Waals surface area contributed by atoms with Crippen LogP contribution in [0.1, 0.15) is 25.7 Å². The number of anilines is 2. The van der Waals surface area contributed by atoms with Gasteiger partial charge in [-0.05, 0) is 37.1 Å². The molecule has 2 amide bonds. The lowest BCUT2D eigenvalue weighted by Gasteiger charge is -2.14. The fourth-order valence-corrected chi connectivity index (χ4v) is 4.59. The molecular weight excluding hydrogens is 580 g/mol. The Labute approximate surface area is 254 Å². The second-order valence-corrected chi connectivity index (χ2v) is 10.1. The molecule has 2 aliphatic rings. The highest BCUT2D eigenvalue weighted by Crippen LogP contribution is 2.55. The summed E-state index contributed by atoms with van der Waals surface area (Å²) >= 11 is 0. The second-order valence-electron chi connectivity index (χ2n) is 10.1. The number of amides is 2. The first kappa shape index (κ1) is 33.6. The molecule has 0 spiro atoms. The van der Waals surface area contributed by atoms with Gasteiger partial charge in [-0.25, -0.2) is 9.59 Å². The normalized spacial score (nSPS) is 22.7. The Kier molecular flexibility index (Phi) is 11.5. The summed E-state index contributed by atoms with van der Waals surface area (Å²) < 4.78 is 29.9. The number of hydrogen-bond donors (Lipinski definition) is 2. The van der Waals surface area contributed by atoms with Gasteiger partial charge in [-0.15, -0.1) is 13.2 Å². The maximum atomic E-state index is 12.4. The number of ether oxygens (including phenoxy) is 6. The molecule has 4 unspecified atom stereocenters. The van der Waals surface area contributed by atoms with E-state index in [0.717, 1.165) is 0 Å². The summed E-state index contributed by atoms with van der Waals surface area (Å²) in [7, 11) is 2.40. The lowest BCUT2D eigenvalue weighted by molar-refractivity contribution is -0.165. The van der Waals surface area contributed by atoms with Gasteiger partial charge in [0.2, 0.25) is 0 Å². The van der Waals surface area contributed by atoms with E-state index in [2.05, 4.69) is 23.8 Å². The first-order valence-electron chi connectivity index (χ1n) is 13.8. The van der Waals surface area contributed by atoms with E-state index in [1.54, 1.807) is 0 Å². The van der Waals surface area contributed by atoms with Crippen molar-refractivity contribution in [2.24, 2.45) is 22.7 Å². The molecule has 3 rings (SSSR count). The predicted molar refractivity (Wildman–Crippen MR) is 153 cm³/mol. The van der Waals surface area contributed by atoms with Crippen LogP contribution < -0.4 is 10.6 Å². The Hall–Kier alpha value is -4.88. The van der Waals surface area contributed by atoms with Gasteiger partial charge in [-0.3, -0.25) is 29.8 Å². The van der Waals surface area contributed by atoms with Crippen LogP contribution in [0.4, 0.5) is 21.0 Å². The predicted octanol–water partition coefficient (Wildman–Crippen LogP) is 3.38. The number of carbonyl (C=O) groups is 6. The van der Waals surface area contributed by atoms with Gasteiger partial charge in [0, 0.05) is 36.1 Å². The van der Waals surface area contributed by atoms with Gasteiger partial charge in [-0.1, -0.05) is 12.2 Å². The molecule has 2 fully saturated rings. The molecule has 2 N–H and O–H groups in total. The summed E-state index contributed by atoms with van der Waals surface area (Å²) in [5.41, 5.74) is -1.89. The molecule has 0 saturated heterocycles. The third-order valence-electron chi connectivity index (χ3n) is 7.31. The quantitative estimate of drug-likeness (QED) is 0.0909. The van der Waals surface area contributed by atoms with Crippen molar-refractivity contribution in [3.8, 4) is 0 Å². The Balaban J connectivity index is 1.27. The zero-order valence-corrected chi connectivity index (χ0v) is 24.6. The van der Waals surface area contributed by atoms with Crippen LogP contribution in [0.3, 0.4) is 0 Å². The highest BCUT2D eigenvalue weighted by molar-refractivity contribution is 6.05. The summed E-state index contributed by atoms with van der Waals surface area (Å²) in [6.45, 7) is 7.03. The highest BCUT2D eigenvalue weighted by Gasteiger charge is 2.67. The SMILES string of the molecule is C=CC1CC1(C(=O)OC)C(=O)OCCCOC(=O)Nc1ccc(NC(=O)OCCCOC(=O)C2(C(=O)OC)CC2C=C)cc1. The van der Waals surface area contributed by atoms with Crippen molar-refractivity contribution < 1.29 is 57.2 Å². The third-order valence-corrected chi connectivity index (χ3v) is 7.31. The first-order valence-corrected chi connectivity index (χ1v) is 13.8. The third kappa shape index (κ3) is 7.74. The first-order chi connectivity index (χ1) is 21.1. The lowest BCUT2D eigenvalue weighted by atomic mass is 10.0. The van der Waals surface area contributed by atoms with Crippen molar-refractivity contribution in [2.45, 2.75) is 25.7 Å². The molecule has 0 bridgehead atoms. The zero-order chi connectivity index (χ0) is 32.3. The van der Waals surface area contributed by atoms with Crippen LogP contribution in [0.15, 0.2) is 49.6 Å². The van der Waals surface area contributed by atoms with E-state index in [9.17, 15) is 28.8 Å². The van der Waals surface area contributed by atoms with Gasteiger partial charge < -0.3 is 28.4 Å². The lowest BCUT2D eigenvalue weighted by Crippen LogP contribution is -2.31. The maximum Gasteiger partial charge on any atom is 0.411 e. The van der Waals surface area contributed by atoms with Gasteiger partial charge in [0.15, 0.2) is 10.8 Å². The Bertz CT molecular complexity index is 1180. The van der Waals surface area contributed by atoms with E-state index < -0.39 is 46.9 Å². The fourth-order valence-electron chi connectivity index (χ4n) is 4.59. The van der Waals surface area contributed by atoms with Crippen molar-refractivity contribution in [1.29, 1.82) is 0 Å². The molecule has 2 aliphatic carbocycles. The van der Waals surface area contributed by atoms with Gasteiger partial charge in [0.05, 0.1) is 40.6 Å². The molecule has 1 aromatic rings. The minimum Gasteiger partial charge on any atom is -0.468 e. The van der Waals surface area contributed by atoms with Crippen molar-refractivity contribution in [3.05, 3.63) is 49.6 Å². The molecular formula is C30H36N2O12. The minimum atomic E-state index is -1.34. The van der Waals surface area contributed by atoms with Gasteiger partial charge >= 0.3 is 36.1 Å². The Morgan fingerprint density at radius 2 is 1.00 bits per heavy atom. The van der Waals surface area contributed by atoms with Crippen LogP contribution in [-0.2, 0) is 47.6 Å². The Morgan fingerprint density at radius 1 is 0.659 bits per heavy atom. The average molecular weight is 617 g/mol. The van der Waals surface area contributed by atoms with E-state index >= 15 is 0 Å². The smallest absolute Gasteiger partial charge is 0.411 e. The molecule has 44 heavy (non-hydrogen) atoms. The number of allylic oxidation sites excluding steroid dienone is 2. The zero-order valence-electron chi connectivity index (χ0n) is 24.6. The standard InChI is InChI=1S/C30H36N2O12/c1-5-19-17-29(19,23(33)39-3)25(35)41-13-7-15-43-27(37)31-21-9-11-22(12-10-21)32-28(38)44-16-8-14-42-26(36)30(24(34)40-4)18-20(30)6-2/h5-6,9-12,19-20H,1-2,7-8,13-18H2,3-4H3,(H,31,37)(H,32,38). The topological polar surface area (TPSA) is 182 Å². The summed E-state index contributed by atoms with van der Waals surface area (Å²) in [6, 6.07) is 6.12. The number of rotatable bonds is 16. The minimum absolute atomic E-state index is 0.0403. The summed E-state index contributed by atoms with van der Waals surface area (Å²) in [4.78, 5) is 72.7. The van der Waals surface area contributed by atoms with E-state index in [1.807, 2.05) is 0 Å².